The Balaban J connectivity index is 1.31. The first-order valence-corrected chi connectivity index (χ1v) is 15.6. The maximum atomic E-state index is 13.9. The Labute approximate surface area is 267 Å². The Morgan fingerprint density at radius 2 is 1.49 bits per heavy atom. The van der Waals surface area contributed by atoms with Crippen LogP contribution in [0.5, 0.6) is 11.5 Å². The monoisotopic (exact) mass is 615 g/mol. The molecule has 1 amide bonds. The molecular weight excluding hydrogens is 582 g/mol. The van der Waals surface area contributed by atoms with Gasteiger partial charge >= 0.3 is 5.97 Å². The molecule has 0 spiro atoms. The van der Waals surface area contributed by atoms with E-state index in [1.165, 1.54) is 11.8 Å². The highest BCUT2D eigenvalue weighted by atomic mass is 32.2. The molecule has 0 fully saturated rings. The van der Waals surface area contributed by atoms with Gasteiger partial charge in [0, 0.05) is 19.3 Å². The van der Waals surface area contributed by atoms with E-state index in [1.54, 1.807) is 4.90 Å². The van der Waals surface area contributed by atoms with Crippen molar-refractivity contribution in [2.24, 2.45) is 4.99 Å². The van der Waals surface area contributed by atoms with Gasteiger partial charge in [-0.05, 0) is 53.3 Å². The summed E-state index contributed by atoms with van der Waals surface area (Å²) >= 11 is 1.45. The number of thioether (sulfide) groups is 1. The first-order valence-electron chi connectivity index (χ1n) is 14.7. The normalized spacial score (nSPS) is 15.6. The fourth-order valence-corrected chi connectivity index (χ4v) is 6.32. The molecule has 2 aliphatic heterocycles. The second-order valence-electron chi connectivity index (χ2n) is 10.9. The van der Waals surface area contributed by atoms with Crippen LogP contribution in [0, 0.1) is 0 Å². The lowest BCUT2D eigenvalue weighted by Gasteiger charge is -2.36. The zero-order valence-electron chi connectivity index (χ0n) is 25.1. The maximum absolute atomic E-state index is 13.9. The molecule has 1 unspecified atom stereocenters. The second-order valence-corrected chi connectivity index (χ2v) is 11.7. The molecule has 0 saturated carbocycles. The number of ether oxygens (including phenoxy) is 2. The van der Waals surface area contributed by atoms with Crippen molar-refractivity contribution in [2.45, 2.75) is 32.5 Å². The Kier molecular flexibility index (Phi) is 9.12. The number of benzene rings is 4. The van der Waals surface area contributed by atoms with Gasteiger partial charge in [0.1, 0.15) is 18.1 Å². The van der Waals surface area contributed by atoms with Crippen LogP contribution in [-0.4, -0.2) is 33.9 Å². The van der Waals surface area contributed by atoms with Crippen molar-refractivity contribution in [3.05, 3.63) is 154 Å². The number of aliphatic imine (C=N–C) groups is 1. The summed E-state index contributed by atoms with van der Waals surface area (Å²) in [7, 11) is 1.81. The van der Waals surface area contributed by atoms with Gasteiger partial charge in [-0.15, -0.1) is 0 Å². The van der Waals surface area contributed by atoms with Gasteiger partial charge in [-0.25, -0.2) is 9.79 Å². The van der Waals surface area contributed by atoms with Crippen molar-refractivity contribution < 1.29 is 19.1 Å². The first kappa shape index (κ1) is 30.0. The molecular formula is C37H33N3O4S. The van der Waals surface area contributed by atoms with Crippen LogP contribution in [-0.2, 0) is 27.5 Å². The lowest BCUT2D eigenvalue weighted by molar-refractivity contribution is -0.141. The van der Waals surface area contributed by atoms with E-state index in [2.05, 4.69) is 0 Å². The summed E-state index contributed by atoms with van der Waals surface area (Å²) in [6.07, 6.45) is 0.150. The predicted molar refractivity (Wildman–Crippen MR) is 177 cm³/mol. The number of carbonyl (C=O) groups excluding carboxylic acids is 2. The van der Waals surface area contributed by atoms with Crippen LogP contribution < -0.4 is 4.74 Å². The minimum atomic E-state index is -0.575. The standard InChI is InChI=1S/C37H33N3O4S/c1-26-34(36(42)43-24-28-15-8-4-9-16-28)35(29-17-12-20-32(21-29)44-31-18-10-5-11-19-31)40-30(25-45-37(40)38-26)22-33(41)39(2)23-27-13-6-3-7-14-27/h3-21,25,35H,22-24H2,1-2H3. The van der Waals surface area contributed by atoms with Gasteiger partial charge in [0.15, 0.2) is 5.17 Å². The number of fused-ring (bicyclic) bond motifs is 1. The minimum Gasteiger partial charge on any atom is -0.457 e. The number of allylic oxidation sites excluding steroid dienone is 1. The summed E-state index contributed by atoms with van der Waals surface area (Å²) in [6.45, 7) is 2.47. The Hall–Kier alpha value is -5.08. The number of hydrogen-bond acceptors (Lipinski definition) is 7. The van der Waals surface area contributed by atoms with Crippen LogP contribution in [0.3, 0.4) is 0 Å². The zero-order valence-corrected chi connectivity index (χ0v) is 25.9. The molecule has 226 valence electrons. The van der Waals surface area contributed by atoms with Gasteiger partial charge in [-0.2, -0.15) is 0 Å². The van der Waals surface area contributed by atoms with Crippen molar-refractivity contribution in [3.8, 4) is 11.5 Å². The van der Waals surface area contributed by atoms with Crippen LogP contribution >= 0.6 is 11.8 Å². The summed E-state index contributed by atoms with van der Waals surface area (Å²) in [4.78, 5) is 35.9. The number of nitrogens with zero attached hydrogens (tertiary/aromatic N) is 3. The largest absolute Gasteiger partial charge is 0.457 e. The molecule has 0 aromatic heterocycles. The van der Waals surface area contributed by atoms with E-state index in [-0.39, 0.29) is 18.9 Å². The molecule has 0 saturated heterocycles. The molecule has 2 aliphatic rings. The second kappa shape index (κ2) is 13.7. The average molecular weight is 616 g/mol. The summed E-state index contributed by atoms with van der Waals surface area (Å²) in [5.74, 6) is 0.848. The van der Waals surface area contributed by atoms with Crippen molar-refractivity contribution in [1.29, 1.82) is 0 Å². The molecule has 6 rings (SSSR count). The number of hydrogen-bond donors (Lipinski definition) is 0. The van der Waals surface area contributed by atoms with E-state index in [4.69, 9.17) is 14.5 Å². The number of amidine groups is 1. The van der Waals surface area contributed by atoms with Gasteiger partial charge in [-0.1, -0.05) is 103 Å². The molecule has 45 heavy (non-hydrogen) atoms. The lowest BCUT2D eigenvalue weighted by atomic mass is 9.93. The van der Waals surface area contributed by atoms with Gasteiger partial charge in [0.2, 0.25) is 5.91 Å². The lowest BCUT2D eigenvalue weighted by Crippen LogP contribution is -2.38. The van der Waals surface area contributed by atoms with Crippen LogP contribution in [0.25, 0.3) is 0 Å². The maximum Gasteiger partial charge on any atom is 0.338 e. The summed E-state index contributed by atoms with van der Waals surface area (Å²) in [6, 6.07) is 36.2. The molecule has 7 nitrogen and oxygen atoms in total. The van der Waals surface area contributed by atoms with Crippen LogP contribution in [0.1, 0.15) is 36.1 Å². The van der Waals surface area contributed by atoms with Crippen molar-refractivity contribution in [3.63, 3.8) is 0 Å². The van der Waals surface area contributed by atoms with E-state index >= 15 is 0 Å². The number of amides is 1. The van der Waals surface area contributed by atoms with Crippen LogP contribution in [0.15, 0.2) is 143 Å². The van der Waals surface area contributed by atoms with Crippen molar-refractivity contribution in [2.75, 3.05) is 7.05 Å². The first-order chi connectivity index (χ1) is 22.0. The summed E-state index contributed by atoms with van der Waals surface area (Å²) in [5, 5.41) is 2.66. The Morgan fingerprint density at radius 3 is 2.20 bits per heavy atom. The van der Waals surface area contributed by atoms with Crippen molar-refractivity contribution in [1.82, 2.24) is 9.80 Å². The molecule has 4 aromatic carbocycles. The van der Waals surface area contributed by atoms with Gasteiger partial charge < -0.3 is 19.3 Å². The third-order valence-electron chi connectivity index (χ3n) is 7.61. The van der Waals surface area contributed by atoms with Gasteiger partial charge in [0.05, 0.1) is 23.7 Å². The number of carbonyl (C=O) groups is 2. The fraction of sp³-hybridized carbons (Fsp3) is 0.162. The molecule has 1 atom stereocenters. The third kappa shape index (κ3) is 7.02. The van der Waals surface area contributed by atoms with E-state index < -0.39 is 12.0 Å². The molecule has 8 heteroatoms. The number of rotatable bonds is 10. The van der Waals surface area contributed by atoms with E-state index in [0.717, 1.165) is 22.4 Å². The summed E-state index contributed by atoms with van der Waals surface area (Å²) < 4.78 is 12.0. The van der Waals surface area contributed by atoms with Crippen LogP contribution in [0.4, 0.5) is 0 Å². The third-order valence-corrected chi connectivity index (χ3v) is 8.50. The SMILES string of the molecule is CC1=C(C(=O)OCc2ccccc2)C(c2cccc(Oc3ccccc3)c2)N2C(CC(=O)N(C)Cc3ccccc3)=CSC2=N1. The predicted octanol–water partition coefficient (Wildman–Crippen LogP) is 7.85. The highest BCUT2D eigenvalue weighted by molar-refractivity contribution is 8.16. The van der Waals surface area contributed by atoms with E-state index in [9.17, 15) is 9.59 Å². The smallest absolute Gasteiger partial charge is 0.338 e. The quantitative estimate of drug-likeness (QED) is 0.169. The average Bonchev–Trinajstić information content (AvgIpc) is 3.46. The van der Waals surface area contributed by atoms with Crippen molar-refractivity contribution >= 4 is 28.8 Å². The Morgan fingerprint density at radius 1 is 0.844 bits per heavy atom. The van der Waals surface area contributed by atoms with Gasteiger partial charge in [-0.3, -0.25) is 4.79 Å². The van der Waals surface area contributed by atoms with Gasteiger partial charge in [0.25, 0.3) is 0 Å². The molecule has 2 heterocycles. The molecule has 0 bridgehead atoms. The van der Waals surface area contributed by atoms with E-state index in [1.807, 2.05) is 140 Å². The van der Waals surface area contributed by atoms with E-state index in [0.29, 0.717) is 34.5 Å². The number of para-hydroxylation sites is 1. The molecule has 4 aromatic rings. The minimum absolute atomic E-state index is 0.0358. The molecule has 0 radical (unpaired) electrons. The van der Waals surface area contributed by atoms with Crippen LogP contribution in [0.2, 0.25) is 0 Å². The molecule has 0 N–H and O–H groups in total. The highest BCUT2D eigenvalue weighted by Crippen LogP contribution is 2.45. The zero-order chi connectivity index (χ0) is 31.2. The highest BCUT2D eigenvalue weighted by Gasteiger charge is 2.41. The fourth-order valence-electron chi connectivity index (χ4n) is 5.36. The summed E-state index contributed by atoms with van der Waals surface area (Å²) in [5.41, 5.74) is 4.53. The Bertz CT molecular complexity index is 1770. The molecule has 0 aliphatic carbocycles. The topological polar surface area (TPSA) is 71.4 Å². The number of esters is 1.